The van der Waals surface area contributed by atoms with Gasteiger partial charge in [0.1, 0.15) is 0 Å². The summed E-state index contributed by atoms with van der Waals surface area (Å²) in [7, 11) is 0. The van der Waals surface area contributed by atoms with Crippen molar-refractivity contribution in [3.05, 3.63) is 0 Å². The van der Waals surface area contributed by atoms with E-state index in [1.165, 1.54) is 32.2 Å². The Hall–Kier alpha value is -0.0400. The van der Waals surface area contributed by atoms with Gasteiger partial charge in [0.2, 0.25) is 0 Å². The van der Waals surface area contributed by atoms with Gasteiger partial charge in [-0.15, -0.1) is 0 Å². The minimum Gasteiger partial charge on any atom is -0.296 e. The van der Waals surface area contributed by atoms with Gasteiger partial charge < -0.3 is 0 Å². The highest BCUT2D eigenvalue weighted by molar-refractivity contribution is 4.86. The van der Waals surface area contributed by atoms with Gasteiger partial charge in [-0.25, -0.2) is 0 Å². The largest absolute Gasteiger partial charge is 0.296 e. The molecular formula is C13H29N. The van der Waals surface area contributed by atoms with E-state index in [-0.39, 0.29) is 0 Å². The van der Waals surface area contributed by atoms with Crippen LogP contribution in [-0.4, -0.2) is 23.0 Å². The second-order valence-corrected chi connectivity index (χ2v) is 4.89. The Kier molecular flexibility index (Phi) is 6.43. The molecule has 0 aliphatic carbocycles. The lowest BCUT2D eigenvalue weighted by Gasteiger charge is -2.44. The van der Waals surface area contributed by atoms with E-state index in [4.69, 9.17) is 0 Å². The zero-order chi connectivity index (χ0) is 11.2. The summed E-state index contributed by atoms with van der Waals surface area (Å²) < 4.78 is 0. The molecule has 0 aliphatic heterocycles. The second kappa shape index (κ2) is 6.44. The molecule has 0 aliphatic rings. The molecule has 0 saturated carbocycles. The van der Waals surface area contributed by atoms with Crippen LogP contribution in [0.25, 0.3) is 0 Å². The van der Waals surface area contributed by atoms with Crippen molar-refractivity contribution in [3.63, 3.8) is 0 Å². The van der Waals surface area contributed by atoms with Gasteiger partial charge in [-0.1, -0.05) is 27.2 Å². The molecule has 0 spiro atoms. The fourth-order valence-electron chi connectivity index (χ4n) is 2.45. The van der Waals surface area contributed by atoms with Gasteiger partial charge in [0.25, 0.3) is 0 Å². The molecular weight excluding hydrogens is 170 g/mol. The summed E-state index contributed by atoms with van der Waals surface area (Å²) in [5.41, 5.74) is 0.416. The molecule has 1 heteroatoms. The second-order valence-electron chi connectivity index (χ2n) is 4.89. The molecule has 0 N–H and O–H groups in total. The lowest BCUT2D eigenvalue weighted by molar-refractivity contribution is 0.0577. The highest BCUT2D eigenvalue weighted by atomic mass is 15.2. The van der Waals surface area contributed by atoms with E-state index in [0.717, 1.165) is 0 Å². The zero-order valence-electron chi connectivity index (χ0n) is 11.1. The molecule has 1 unspecified atom stereocenters. The maximum Gasteiger partial charge on any atom is 0.0181 e. The first-order valence-corrected chi connectivity index (χ1v) is 6.28. The Bertz CT molecular complexity index is 142. The highest BCUT2D eigenvalue weighted by Gasteiger charge is 2.29. The summed E-state index contributed by atoms with van der Waals surface area (Å²) in [6.07, 6.45) is 5.13. The first-order chi connectivity index (χ1) is 6.51. The topological polar surface area (TPSA) is 3.24 Å². The molecule has 0 saturated heterocycles. The van der Waals surface area contributed by atoms with Crippen LogP contribution in [0.5, 0.6) is 0 Å². The third kappa shape index (κ3) is 3.61. The Morgan fingerprint density at radius 3 is 1.93 bits per heavy atom. The summed E-state index contributed by atoms with van der Waals surface area (Å²) in [5.74, 6) is 0. The molecule has 1 nitrogen and oxygen atoms in total. The van der Waals surface area contributed by atoms with Crippen LogP contribution >= 0.6 is 0 Å². The van der Waals surface area contributed by atoms with Crippen LogP contribution in [0.15, 0.2) is 0 Å². The van der Waals surface area contributed by atoms with Crippen molar-refractivity contribution in [2.75, 3.05) is 6.54 Å². The van der Waals surface area contributed by atoms with Crippen LogP contribution in [0.3, 0.4) is 0 Å². The first kappa shape index (κ1) is 14.0. The van der Waals surface area contributed by atoms with Crippen molar-refractivity contribution in [3.8, 4) is 0 Å². The van der Waals surface area contributed by atoms with Crippen LogP contribution in [0.4, 0.5) is 0 Å². The van der Waals surface area contributed by atoms with E-state index in [0.29, 0.717) is 11.6 Å². The molecule has 14 heavy (non-hydrogen) atoms. The average Bonchev–Trinajstić information content (AvgIpc) is 2.14. The maximum absolute atomic E-state index is 2.68. The number of rotatable bonds is 7. The molecule has 0 amide bonds. The van der Waals surface area contributed by atoms with E-state index in [9.17, 15) is 0 Å². The van der Waals surface area contributed by atoms with E-state index in [1.54, 1.807) is 0 Å². The lowest BCUT2D eigenvalue weighted by Crippen LogP contribution is -2.49. The SMILES string of the molecule is CCCN(C(C)C)C(C)(CC)CCC. The Morgan fingerprint density at radius 2 is 1.64 bits per heavy atom. The number of nitrogens with zero attached hydrogens (tertiary/aromatic N) is 1. The molecule has 0 aromatic rings. The normalized spacial score (nSPS) is 16.3. The summed E-state index contributed by atoms with van der Waals surface area (Å²) in [5, 5.41) is 0. The fraction of sp³-hybridized carbons (Fsp3) is 1.00. The van der Waals surface area contributed by atoms with Gasteiger partial charge in [-0.3, -0.25) is 4.90 Å². The molecule has 0 rings (SSSR count). The Morgan fingerprint density at radius 1 is 1.07 bits per heavy atom. The maximum atomic E-state index is 2.68. The minimum absolute atomic E-state index is 0.416. The summed E-state index contributed by atoms with van der Waals surface area (Å²) in [4.78, 5) is 2.68. The van der Waals surface area contributed by atoms with Gasteiger partial charge in [0.15, 0.2) is 0 Å². The van der Waals surface area contributed by atoms with Crippen molar-refractivity contribution in [1.29, 1.82) is 0 Å². The molecule has 0 aromatic carbocycles. The van der Waals surface area contributed by atoms with Gasteiger partial charge in [-0.2, -0.15) is 0 Å². The molecule has 1 atom stereocenters. The monoisotopic (exact) mass is 199 g/mol. The van der Waals surface area contributed by atoms with Crippen LogP contribution in [-0.2, 0) is 0 Å². The third-order valence-electron chi connectivity index (χ3n) is 3.33. The van der Waals surface area contributed by atoms with Crippen molar-refractivity contribution in [2.24, 2.45) is 0 Å². The fourth-order valence-corrected chi connectivity index (χ4v) is 2.45. The third-order valence-corrected chi connectivity index (χ3v) is 3.33. The molecule has 86 valence electrons. The number of hydrogen-bond donors (Lipinski definition) is 0. The van der Waals surface area contributed by atoms with E-state index < -0.39 is 0 Å². The van der Waals surface area contributed by atoms with Gasteiger partial charge in [-0.05, 0) is 46.6 Å². The molecule has 0 aromatic heterocycles. The minimum atomic E-state index is 0.416. The lowest BCUT2D eigenvalue weighted by atomic mass is 9.89. The van der Waals surface area contributed by atoms with Gasteiger partial charge >= 0.3 is 0 Å². The molecule has 0 heterocycles. The van der Waals surface area contributed by atoms with Crippen LogP contribution in [0.2, 0.25) is 0 Å². The van der Waals surface area contributed by atoms with Crippen molar-refractivity contribution in [2.45, 2.75) is 78.8 Å². The Balaban J connectivity index is 4.55. The molecule has 0 bridgehead atoms. The quantitative estimate of drug-likeness (QED) is 0.597. The smallest absolute Gasteiger partial charge is 0.0181 e. The predicted octanol–water partition coefficient (Wildman–Crippen LogP) is 4.08. The van der Waals surface area contributed by atoms with E-state index >= 15 is 0 Å². The molecule has 0 fully saturated rings. The van der Waals surface area contributed by atoms with Crippen molar-refractivity contribution < 1.29 is 0 Å². The van der Waals surface area contributed by atoms with Gasteiger partial charge in [0, 0.05) is 11.6 Å². The average molecular weight is 199 g/mol. The van der Waals surface area contributed by atoms with E-state index in [1.807, 2.05) is 0 Å². The summed E-state index contributed by atoms with van der Waals surface area (Å²) in [6, 6.07) is 0.673. The highest BCUT2D eigenvalue weighted by Crippen LogP contribution is 2.27. The van der Waals surface area contributed by atoms with Crippen LogP contribution in [0.1, 0.15) is 67.2 Å². The van der Waals surface area contributed by atoms with Crippen molar-refractivity contribution >= 4 is 0 Å². The first-order valence-electron chi connectivity index (χ1n) is 6.28. The standard InChI is InChI=1S/C13H29N/c1-7-10-13(6,9-3)14(11-8-2)12(4)5/h12H,7-11H2,1-6H3. The summed E-state index contributed by atoms with van der Waals surface area (Å²) >= 11 is 0. The number of hydrogen-bond acceptors (Lipinski definition) is 1. The summed E-state index contributed by atoms with van der Waals surface area (Å²) in [6.45, 7) is 15.2. The zero-order valence-corrected chi connectivity index (χ0v) is 11.1. The van der Waals surface area contributed by atoms with E-state index in [2.05, 4.69) is 46.4 Å². The predicted molar refractivity (Wildman–Crippen MR) is 65.7 cm³/mol. The van der Waals surface area contributed by atoms with Crippen LogP contribution < -0.4 is 0 Å². The van der Waals surface area contributed by atoms with Crippen LogP contribution in [0, 0.1) is 0 Å². The van der Waals surface area contributed by atoms with Crippen molar-refractivity contribution in [1.82, 2.24) is 4.90 Å². The Labute approximate surface area is 90.9 Å². The van der Waals surface area contributed by atoms with Gasteiger partial charge in [0.05, 0.1) is 0 Å². The molecule has 0 radical (unpaired) electrons.